The van der Waals surface area contributed by atoms with Crippen LogP contribution in [0.2, 0.25) is 0 Å². The maximum atomic E-state index is 10.8. The predicted octanol–water partition coefficient (Wildman–Crippen LogP) is 4.14. The normalized spacial score (nSPS) is 14.3. The maximum absolute atomic E-state index is 10.8. The first kappa shape index (κ1) is 21.5. The molecule has 1 N–H and O–H groups in total. The summed E-state index contributed by atoms with van der Waals surface area (Å²) in [6.07, 6.45) is 17.5. The van der Waals surface area contributed by atoms with Crippen molar-refractivity contribution in [3.8, 4) is 0 Å². The number of aliphatic hydroxyl groups excluding tert-OH is 1. The Labute approximate surface area is 139 Å². The number of allylic oxidation sites excluding steroid dienone is 3. The Balaban J connectivity index is 3.65. The molecule has 5 heteroatoms. The van der Waals surface area contributed by atoms with Gasteiger partial charge in [-0.05, 0) is 32.1 Å². The zero-order chi connectivity index (χ0) is 17.3. The number of unbranched alkanes of at least 4 members (excludes halogenated alkanes) is 6. The first-order valence-electron chi connectivity index (χ1n) is 8.60. The lowest BCUT2D eigenvalue weighted by molar-refractivity contribution is -0.533. The highest BCUT2D eigenvalue weighted by Crippen LogP contribution is 2.09. The minimum absolute atomic E-state index is 0.272. The smallest absolute Gasteiger partial charge is 0.241 e. The second-order valence-corrected chi connectivity index (χ2v) is 5.69. The van der Waals surface area contributed by atoms with Crippen molar-refractivity contribution in [1.82, 2.24) is 0 Å². The van der Waals surface area contributed by atoms with E-state index >= 15 is 0 Å². The Hall–Kier alpha value is -1.49. The summed E-state index contributed by atoms with van der Waals surface area (Å²) in [7, 11) is 0. The zero-order valence-corrected chi connectivity index (χ0v) is 14.2. The fourth-order valence-electron chi connectivity index (χ4n) is 2.27. The maximum Gasteiger partial charge on any atom is 0.241 e. The van der Waals surface area contributed by atoms with Crippen LogP contribution in [0.1, 0.15) is 71.1 Å². The van der Waals surface area contributed by atoms with Gasteiger partial charge in [0.05, 0.1) is 0 Å². The van der Waals surface area contributed by atoms with Crippen LogP contribution < -0.4 is 0 Å². The molecule has 5 nitrogen and oxygen atoms in total. The molecule has 0 heterocycles. The second-order valence-electron chi connectivity index (χ2n) is 5.69. The van der Waals surface area contributed by atoms with E-state index in [1.165, 1.54) is 6.42 Å². The molecule has 0 saturated heterocycles. The van der Waals surface area contributed by atoms with E-state index in [0.717, 1.165) is 38.5 Å². The van der Waals surface area contributed by atoms with Gasteiger partial charge in [-0.1, -0.05) is 50.5 Å². The van der Waals surface area contributed by atoms with Crippen LogP contribution in [-0.2, 0) is 4.79 Å². The molecule has 1 radical (unpaired) electrons. The number of hydrogen-bond acceptors (Lipinski definition) is 4. The summed E-state index contributed by atoms with van der Waals surface area (Å²) in [6, 6.07) is -0.906. The molecule has 2 atom stereocenters. The van der Waals surface area contributed by atoms with Crippen molar-refractivity contribution < 1.29 is 14.8 Å². The van der Waals surface area contributed by atoms with Gasteiger partial charge in [-0.2, -0.15) is 0 Å². The molecule has 0 fully saturated rings. The summed E-state index contributed by atoms with van der Waals surface area (Å²) in [5, 5.41) is 20.4. The van der Waals surface area contributed by atoms with Crippen LogP contribution in [0.4, 0.5) is 0 Å². The Morgan fingerprint density at radius 1 is 1.09 bits per heavy atom. The molecule has 0 saturated carbocycles. The fraction of sp³-hybridized carbons (Fsp3) is 0.722. The van der Waals surface area contributed by atoms with Crippen molar-refractivity contribution in [2.24, 2.45) is 0 Å². The van der Waals surface area contributed by atoms with Gasteiger partial charge in [0.25, 0.3) is 0 Å². The highest BCUT2D eigenvalue weighted by molar-refractivity contribution is 5.50. The standard InChI is InChI=1S/C18H30NO4/c1-2-18(21)17(19(22)23)15-13-11-9-7-5-3-4-6-8-10-12-14-16-20/h5,7,11,13,17-18,21H,2-4,6,8-10,12,14-15H2,1H3/b7-5-,13-11-. The van der Waals surface area contributed by atoms with E-state index in [0.29, 0.717) is 12.8 Å². The Bertz CT molecular complexity index is 366. The number of nitrogens with zero attached hydrogens (tertiary/aromatic N) is 1. The first-order chi connectivity index (χ1) is 11.1. The summed E-state index contributed by atoms with van der Waals surface area (Å²) in [4.78, 5) is 20.4. The van der Waals surface area contributed by atoms with Gasteiger partial charge in [-0.25, -0.2) is 0 Å². The molecule has 0 aromatic carbocycles. The van der Waals surface area contributed by atoms with Crippen LogP contribution in [0.5, 0.6) is 0 Å². The van der Waals surface area contributed by atoms with Crippen LogP contribution in [0.25, 0.3) is 0 Å². The van der Waals surface area contributed by atoms with Gasteiger partial charge in [0.1, 0.15) is 6.10 Å². The van der Waals surface area contributed by atoms with Crippen LogP contribution in [0.15, 0.2) is 24.3 Å². The number of hydrogen-bond donors (Lipinski definition) is 1. The van der Waals surface area contributed by atoms with Gasteiger partial charge in [-0.15, -0.1) is 0 Å². The molecule has 0 amide bonds. The van der Waals surface area contributed by atoms with E-state index in [1.807, 2.05) is 12.4 Å². The predicted molar refractivity (Wildman–Crippen MR) is 92.6 cm³/mol. The Morgan fingerprint density at radius 3 is 2.39 bits per heavy atom. The van der Waals surface area contributed by atoms with Crippen LogP contribution in [-0.4, -0.2) is 28.5 Å². The summed E-state index contributed by atoms with van der Waals surface area (Å²) in [6.45, 7) is 1.74. The summed E-state index contributed by atoms with van der Waals surface area (Å²) in [5.74, 6) is 0. The molecule has 0 aliphatic carbocycles. The van der Waals surface area contributed by atoms with E-state index in [4.69, 9.17) is 0 Å². The van der Waals surface area contributed by atoms with E-state index in [9.17, 15) is 20.0 Å². The molecule has 23 heavy (non-hydrogen) atoms. The summed E-state index contributed by atoms with van der Waals surface area (Å²) >= 11 is 0. The Kier molecular flexibility index (Phi) is 14.4. The first-order valence-corrected chi connectivity index (χ1v) is 8.60. The van der Waals surface area contributed by atoms with Crippen molar-refractivity contribution in [2.45, 2.75) is 83.3 Å². The van der Waals surface area contributed by atoms with Crippen molar-refractivity contribution in [2.75, 3.05) is 0 Å². The van der Waals surface area contributed by atoms with E-state index in [2.05, 4.69) is 12.2 Å². The molecule has 0 aromatic rings. The largest absolute Gasteiger partial charge is 0.386 e. The van der Waals surface area contributed by atoms with Crippen molar-refractivity contribution >= 4 is 6.29 Å². The third kappa shape index (κ3) is 12.7. The number of nitro groups is 1. The monoisotopic (exact) mass is 324 g/mol. The topological polar surface area (TPSA) is 80.4 Å². The third-order valence-corrected chi connectivity index (χ3v) is 3.77. The average molecular weight is 324 g/mol. The van der Waals surface area contributed by atoms with Crippen LogP contribution >= 0.6 is 0 Å². The lowest BCUT2D eigenvalue weighted by Gasteiger charge is -2.12. The number of aliphatic hydroxyl groups is 1. The molecular formula is C18H30NO4. The van der Waals surface area contributed by atoms with E-state index in [1.54, 1.807) is 13.0 Å². The summed E-state index contributed by atoms with van der Waals surface area (Å²) in [5.41, 5.74) is 0. The lowest BCUT2D eigenvalue weighted by Crippen LogP contribution is -2.32. The van der Waals surface area contributed by atoms with E-state index in [-0.39, 0.29) is 6.42 Å². The molecule has 0 aliphatic rings. The van der Waals surface area contributed by atoms with Crippen LogP contribution in [0.3, 0.4) is 0 Å². The minimum Gasteiger partial charge on any atom is -0.386 e. The van der Waals surface area contributed by atoms with Gasteiger partial charge in [-0.3, -0.25) is 14.9 Å². The Morgan fingerprint density at radius 2 is 1.74 bits per heavy atom. The molecule has 0 bridgehead atoms. The third-order valence-electron chi connectivity index (χ3n) is 3.77. The molecule has 0 rings (SSSR count). The van der Waals surface area contributed by atoms with Crippen molar-refractivity contribution in [1.29, 1.82) is 0 Å². The number of carbonyl (C=O) groups excluding carboxylic acids is 1. The molecular weight excluding hydrogens is 294 g/mol. The van der Waals surface area contributed by atoms with Crippen molar-refractivity contribution in [3.05, 3.63) is 34.4 Å². The van der Waals surface area contributed by atoms with Crippen LogP contribution in [0, 0.1) is 10.1 Å². The highest BCUT2D eigenvalue weighted by Gasteiger charge is 2.26. The minimum atomic E-state index is -0.906. The highest BCUT2D eigenvalue weighted by atomic mass is 16.6. The molecule has 2 unspecified atom stereocenters. The van der Waals surface area contributed by atoms with Gasteiger partial charge in [0, 0.05) is 17.8 Å². The number of rotatable bonds is 15. The SMILES string of the molecule is CCC(O)C(C/C=C\C/C=C\CCCCCCC[C]=O)[N+](=O)[O-]. The van der Waals surface area contributed by atoms with Crippen molar-refractivity contribution in [3.63, 3.8) is 0 Å². The lowest BCUT2D eigenvalue weighted by atomic mass is 10.1. The fourth-order valence-corrected chi connectivity index (χ4v) is 2.27. The van der Waals surface area contributed by atoms with Gasteiger partial charge in [0.2, 0.25) is 6.04 Å². The second kappa shape index (κ2) is 15.4. The molecule has 0 aromatic heterocycles. The average Bonchev–Trinajstić information content (AvgIpc) is 2.54. The van der Waals surface area contributed by atoms with Gasteiger partial charge >= 0.3 is 0 Å². The summed E-state index contributed by atoms with van der Waals surface area (Å²) < 4.78 is 0. The van der Waals surface area contributed by atoms with Gasteiger partial charge < -0.3 is 5.11 Å². The molecule has 131 valence electrons. The zero-order valence-electron chi connectivity index (χ0n) is 14.2. The van der Waals surface area contributed by atoms with E-state index < -0.39 is 17.1 Å². The quantitative estimate of drug-likeness (QED) is 0.212. The van der Waals surface area contributed by atoms with Gasteiger partial charge in [0.15, 0.2) is 6.29 Å². The molecule has 0 spiro atoms. The molecule has 0 aliphatic heterocycles.